The van der Waals surface area contributed by atoms with E-state index in [0.29, 0.717) is 13.1 Å². The number of rotatable bonds is 11. The molecule has 1 unspecified atom stereocenters. The van der Waals surface area contributed by atoms with E-state index in [-0.39, 0.29) is 18.1 Å². The van der Waals surface area contributed by atoms with Gasteiger partial charge in [-0.2, -0.15) is 0 Å². The van der Waals surface area contributed by atoms with Crippen LogP contribution in [0.3, 0.4) is 0 Å². The SMILES string of the molecule is COc1ccc(C(C)CCNC(=O)NCC(OC)OC)cc1OC1CCCC1. The third-order valence-corrected chi connectivity index (χ3v) is 5.17. The standard InChI is InChI=1S/C21H34N2O5/c1-15(11-12-22-21(24)23-14-20(26-3)27-4)16-9-10-18(25-2)19(13-16)28-17-7-5-6-8-17/h9-10,13,15,17,20H,5-8,11-12,14H2,1-4H3,(H2,22,23,24). The van der Waals surface area contributed by atoms with Crippen molar-refractivity contribution in [3.63, 3.8) is 0 Å². The van der Waals surface area contributed by atoms with E-state index in [2.05, 4.69) is 29.7 Å². The molecule has 1 saturated carbocycles. The molecule has 0 saturated heterocycles. The molecule has 1 atom stereocenters. The van der Waals surface area contributed by atoms with Crippen molar-refractivity contribution < 1.29 is 23.7 Å². The molecular formula is C21H34N2O5. The minimum atomic E-state index is -0.442. The number of methoxy groups -OCH3 is 3. The molecule has 1 aromatic carbocycles. The summed E-state index contributed by atoms with van der Waals surface area (Å²) >= 11 is 0. The molecule has 158 valence electrons. The fourth-order valence-corrected chi connectivity index (χ4v) is 3.35. The lowest BCUT2D eigenvalue weighted by Crippen LogP contribution is -2.41. The van der Waals surface area contributed by atoms with Crippen molar-refractivity contribution in [3.05, 3.63) is 23.8 Å². The van der Waals surface area contributed by atoms with Gasteiger partial charge in [-0.1, -0.05) is 13.0 Å². The first-order chi connectivity index (χ1) is 13.6. The number of nitrogens with one attached hydrogen (secondary N) is 2. The molecule has 2 amide bonds. The summed E-state index contributed by atoms with van der Waals surface area (Å²) in [5.41, 5.74) is 1.18. The number of ether oxygens (including phenoxy) is 4. The molecule has 2 rings (SSSR count). The van der Waals surface area contributed by atoms with Gasteiger partial charge in [-0.3, -0.25) is 0 Å². The molecule has 1 aliphatic carbocycles. The highest BCUT2D eigenvalue weighted by Crippen LogP contribution is 2.34. The molecular weight excluding hydrogens is 360 g/mol. The first kappa shape index (κ1) is 22.3. The third kappa shape index (κ3) is 6.87. The molecule has 1 aromatic rings. The van der Waals surface area contributed by atoms with Gasteiger partial charge in [0.2, 0.25) is 0 Å². The van der Waals surface area contributed by atoms with Crippen molar-refractivity contribution in [2.24, 2.45) is 0 Å². The Balaban J connectivity index is 1.82. The lowest BCUT2D eigenvalue weighted by molar-refractivity contribution is -0.0971. The van der Waals surface area contributed by atoms with E-state index in [1.165, 1.54) is 32.6 Å². The van der Waals surface area contributed by atoms with Crippen molar-refractivity contribution in [2.45, 2.75) is 57.3 Å². The predicted octanol–water partition coefficient (Wildman–Crippen LogP) is 3.43. The van der Waals surface area contributed by atoms with E-state index in [9.17, 15) is 4.79 Å². The Morgan fingerprint density at radius 1 is 1.11 bits per heavy atom. The zero-order valence-corrected chi connectivity index (χ0v) is 17.5. The normalized spacial score (nSPS) is 15.5. The Morgan fingerprint density at radius 3 is 2.46 bits per heavy atom. The first-order valence-electron chi connectivity index (χ1n) is 9.99. The molecule has 7 heteroatoms. The molecule has 2 N–H and O–H groups in total. The molecule has 0 aliphatic heterocycles. The maximum atomic E-state index is 11.9. The number of urea groups is 1. The number of carbonyl (C=O) groups excluding carboxylic acids is 1. The van der Waals surface area contributed by atoms with Crippen LogP contribution >= 0.6 is 0 Å². The lowest BCUT2D eigenvalue weighted by Gasteiger charge is -2.19. The molecule has 1 fully saturated rings. The maximum absolute atomic E-state index is 11.9. The van der Waals surface area contributed by atoms with Gasteiger partial charge in [0.1, 0.15) is 0 Å². The molecule has 28 heavy (non-hydrogen) atoms. The number of amides is 2. The smallest absolute Gasteiger partial charge is 0.314 e. The van der Waals surface area contributed by atoms with Gasteiger partial charge in [-0.05, 0) is 55.7 Å². The molecule has 7 nitrogen and oxygen atoms in total. The lowest BCUT2D eigenvalue weighted by atomic mass is 9.97. The highest BCUT2D eigenvalue weighted by molar-refractivity contribution is 5.73. The minimum Gasteiger partial charge on any atom is -0.493 e. The molecule has 1 aliphatic rings. The van der Waals surface area contributed by atoms with E-state index >= 15 is 0 Å². The summed E-state index contributed by atoms with van der Waals surface area (Å²) in [5, 5.41) is 5.59. The number of benzene rings is 1. The van der Waals surface area contributed by atoms with Gasteiger partial charge in [0.15, 0.2) is 17.8 Å². The second-order valence-corrected chi connectivity index (χ2v) is 7.16. The summed E-state index contributed by atoms with van der Waals surface area (Å²) in [6.07, 6.45) is 5.33. The Labute approximate surface area is 168 Å². The van der Waals surface area contributed by atoms with Crippen molar-refractivity contribution in [3.8, 4) is 11.5 Å². The molecule has 0 aromatic heterocycles. The van der Waals surface area contributed by atoms with Crippen molar-refractivity contribution in [1.82, 2.24) is 10.6 Å². The van der Waals surface area contributed by atoms with Crippen LogP contribution in [0.4, 0.5) is 4.79 Å². The molecule has 0 radical (unpaired) electrons. The Bertz CT molecular complexity index is 600. The van der Waals surface area contributed by atoms with Gasteiger partial charge >= 0.3 is 6.03 Å². The van der Waals surface area contributed by atoms with Gasteiger partial charge in [0, 0.05) is 20.8 Å². The van der Waals surface area contributed by atoms with Crippen LogP contribution in [0.15, 0.2) is 18.2 Å². The van der Waals surface area contributed by atoms with Crippen molar-refractivity contribution >= 4 is 6.03 Å². The zero-order valence-electron chi connectivity index (χ0n) is 17.5. The van der Waals surface area contributed by atoms with E-state index in [4.69, 9.17) is 18.9 Å². The van der Waals surface area contributed by atoms with Gasteiger partial charge in [-0.25, -0.2) is 4.79 Å². The average Bonchev–Trinajstić information content (AvgIpc) is 3.21. The van der Waals surface area contributed by atoms with Crippen LogP contribution in [0.1, 0.15) is 50.5 Å². The minimum absolute atomic E-state index is 0.230. The van der Waals surface area contributed by atoms with E-state index in [1.807, 2.05) is 6.07 Å². The number of hydrogen-bond acceptors (Lipinski definition) is 5. The number of carbonyl (C=O) groups is 1. The molecule has 0 bridgehead atoms. The summed E-state index contributed by atoms with van der Waals surface area (Å²) in [6, 6.07) is 5.87. The summed E-state index contributed by atoms with van der Waals surface area (Å²) in [4.78, 5) is 11.9. The quantitative estimate of drug-likeness (QED) is 0.562. The van der Waals surface area contributed by atoms with Gasteiger partial charge in [-0.15, -0.1) is 0 Å². The highest BCUT2D eigenvalue weighted by atomic mass is 16.7. The van der Waals surface area contributed by atoms with Gasteiger partial charge < -0.3 is 29.6 Å². The van der Waals surface area contributed by atoms with Crippen molar-refractivity contribution in [2.75, 3.05) is 34.4 Å². The van der Waals surface area contributed by atoms with Gasteiger partial charge in [0.05, 0.1) is 19.8 Å². The fraction of sp³-hybridized carbons (Fsp3) is 0.667. The Morgan fingerprint density at radius 2 is 1.82 bits per heavy atom. The second-order valence-electron chi connectivity index (χ2n) is 7.16. The topological polar surface area (TPSA) is 78.1 Å². The maximum Gasteiger partial charge on any atom is 0.314 e. The summed E-state index contributed by atoms with van der Waals surface area (Å²) < 4.78 is 21.7. The summed E-state index contributed by atoms with van der Waals surface area (Å²) in [7, 11) is 4.74. The Kier molecular flexibility index (Phi) is 9.37. The van der Waals surface area contributed by atoms with E-state index in [0.717, 1.165) is 30.8 Å². The summed E-state index contributed by atoms with van der Waals surface area (Å²) in [6.45, 7) is 3.02. The fourth-order valence-electron chi connectivity index (χ4n) is 3.35. The highest BCUT2D eigenvalue weighted by Gasteiger charge is 2.19. The van der Waals surface area contributed by atoms with Crippen LogP contribution in [0.2, 0.25) is 0 Å². The first-order valence-corrected chi connectivity index (χ1v) is 9.99. The van der Waals surface area contributed by atoms with Crippen LogP contribution in [0, 0.1) is 0 Å². The average molecular weight is 395 g/mol. The van der Waals surface area contributed by atoms with E-state index in [1.54, 1.807) is 7.11 Å². The third-order valence-electron chi connectivity index (χ3n) is 5.17. The van der Waals surface area contributed by atoms with Crippen LogP contribution < -0.4 is 20.1 Å². The van der Waals surface area contributed by atoms with Crippen LogP contribution in [0.25, 0.3) is 0 Å². The van der Waals surface area contributed by atoms with Crippen LogP contribution in [-0.4, -0.2) is 52.8 Å². The van der Waals surface area contributed by atoms with Crippen molar-refractivity contribution in [1.29, 1.82) is 0 Å². The molecule has 0 heterocycles. The summed E-state index contributed by atoms with van der Waals surface area (Å²) in [5.74, 6) is 1.86. The predicted molar refractivity (Wildman–Crippen MR) is 108 cm³/mol. The zero-order chi connectivity index (χ0) is 20.4. The van der Waals surface area contributed by atoms with Gasteiger partial charge in [0.25, 0.3) is 0 Å². The van der Waals surface area contributed by atoms with Crippen LogP contribution in [-0.2, 0) is 9.47 Å². The van der Waals surface area contributed by atoms with Crippen LogP contribution in [0.5, 0.6) is 11.5 Å². The Hall–Kier alpha value is -1.99. The number of hydrogen-bond donors (Lipinski definition) is 2. The monoisotopic (exact) mass is 394 g/mol. The largest absolute Gasteiger partial charge is 0.493 e. The second kappa shape index (κ2) is 11.8. The van der Waals surface area contributed by atoms with E-state index < -0.39 is 6.29 Å². The molecule has 0 spiro atoms.